The Labute approximate surface area is 53.3 Å². The molecular weight excluding hydrogens is 106 g/mol. The van der Waals surface area contributed by atoms with Crippen molar-refractivity contribution in [3.05, 3.63) is 0 Å². The topological polar surface area (TPSA) is 49.3 Å². The third kappa shape index (κ3) is 0.980. The Balaban J connectivity index is 2.83. The molecule has 0 saturated carbocycles. The predicted molar refractivity (Wildman–Crippen MR) is 28.7 cm³/mol. The summed E-state index contributed by atoms with van der Waals surface area (Å²) in [4.78, 5) is 10.4. The molecule has 3 atom stereocenters. The van der Waals surface area contributed by atoms with Gasteiger partial charge in [0.1, 0.15) is 6.04 Å². The molecule has 1 rings (SSSR count). The van der Waals surface area contributed by atoms with Crippen molar-refractivity contribution in [1.29, 1.82) is 0 Å². The van der Waals surface area contributed by atoms with E-state index in [1.807, 2.05) is 0 Å². The molecule has 1 saturated heterocycles. The molecule has 0 bridgehead atoms. The van der Waals surface area contributed by atoms with Gasteiger partial charge in [-0.3, -0.25) is 4.79 Å². The lowest BCUT2D eigenvalue weighted by molar-refractivity contribution is -0.139. The first-order valence-electron chi connectivity index (χ1n) is 4.36. The van der Waals surface area contributed by atoms with Crippen molar-refractivity contribution in [1.82, 2.24) is 5.32 Å². The zero-order valence-electron chi connectivity index (χ0n) is 8.09. The first-order chi connectivity index (χ1) is 5.37. The summed E-state index contributed by atoms with van der Waals surface area (Å²) in [6.45, 7) is -1.33. The molecule has 0 radical (unpaired) electrons. The van der Waals surface area contributed by atoms with Gasteiger partial charge in [-0.15, -0.1) is 0 Å². The van der Waals surface area contributed by atoms with Crippen LogP contribution in [-0.4, -0.2) is 23.6 Å². The van der Waals surface area contributed by atoms with Crippen LogP contribution < -0.4 is 5.32 Å². The second-order valence-corrected chi connectivity index (χ2v) is 1.46. The van der Waals surface area contributed by atoms with Gasteiger partial charge in [0.15, 0.2) is 0 Å². The molecule has 2 N–H and O–H groups in total. The van der Waals surface area contributed by atoms with Gasteiger partial charge in [-0.25, -0.2) is 0 Å². The normalized spacial score (nSPS) is 60.2. The number of carbonyl (C=O) groups is 1. The van der Waals surface area contributed by atoms with Crippen LogP contribution in [0.5, 0.6) is 0 Å². The van der Waals surface area contributed by atoms with Gasteiger partial charge in [0.2, 0.25) is 0 Å². The SMILES string of the molecule is [2H][C@@H]1N[C@H](C(=O)O)[C@H]([2H])C1([2H])[2H]. The van der Waals surface area contributed by atoms with Crippen LogP contribution in [0.3, 0.4) is 0 Å². The fourth-order valence-corrected chi connectivity index (χ4v) is 0.473. The highest BCUT2D eigenvalue weighted by Gasteiger charge is 2.20. The Morgan fingerprint density at radius 2 is 2.75 bits per heavy atom. The van der Waals surface area contributed by atoms with Crippen molar-refractivity contribution in [3.63, 3.8) is 0 Å². The van der Waals surface area contributed by atoms with Crippen LogP contribution in [0.25, 0.3) is 0 Å². The molecule has 0 amide bonds. The standard InChI is InChI=1S/C5H9NO2/c7-5(8)4-2-1-3-6-4/h4,6H,1-3H2,(H,7,8)/t4-/m0/s1/i1D2,2D,3D/t2-,3+,4+/m1. The Morgan fingerprint density at radius 1 is 2.00 bits per heavy atom. The van der Waals surface area contributed by atoms with Crippen molar-refractivity contribution >= 4 is 5.97 Å². The minimum Gasteiger partial charge on any atom is -0.480 e. The molecule has 3 heteroatoms. The third-order valence-corrected chi connectivity index (χ3v) is 0.875. The van der Waals surface area contributed by atoms with Gasteiger partial charge in [0.05, 0.1) is 0 Å². The summed E-state index contributed by atoms with van der Waals surface area (Å²) in [6.07, 6.45) is -3.51. The highest BCUT2D eigenvalue weighted by atomic mass is 16.4. The smallest absolute Gasteiger partial charge is 0.320 e. The van der Waals surface area contributed by atoms with E-state index in [1.165, 1.54) is 0 Å². The monoisotopic (exact) mass is 119 g/mol. The summed E-state index contributed by atoms with van der Waals surface area (Å²) in [5.41, 5.74) is 0. The number of carboxylic acid groups (broad SMARTS) is 1. The number of hydrogen-bond acceptors (Lipinski definition) is 2. The summed E-state index contributed by atoms with van der Waals surface area (Å²) in [5, 5.41) is 10.7. The summed E-state index contributed by atoms with van der Waals surface area (Å²) < 4.78 is 28.7. The fourth-order valence-electron chi connectivity index (χ4n) is 0.473. The van der Waals surface area contributed by atoms with Crippen molar-refractivity contribution in [2.45, 2.75) is 18.8 Å². The van der Waals surface area contributed by atoms with Crippen LogP contribution in [0.2, 0.25) is 0 Å². The second-order valence-electron chi connectivity index (χ2n) is 1.46. The largest absolute Gasteiger partial charge is 0.480 e. The van der Waals surface area contributed by atoms with E-state index in [9.17, 15) is 4.79 Å². The predicted octanol–water partition coefficient (Wildman–Crippen LogP) is -0.177. The van der Waals surface area contributed by atoms with Gasteiger partial charge in [-0.05, 0) is 19.3 Å². The van der Waals surface area contributed by atoms with E-state index in [1.54, 1.807) is 0 Å². The molecule has 1 fully saturated rings. The Morgan fingerprint density at radius 3 is 3.00 bits per heavy atom. The molecule has 1 aliphatic heterocycles. The van der Waals surface area contributed by atoms with E-state index < -0.39 is 31.3 Å². The number of hydrogen-bond donors (Lipinski definition) is 2. The van der Waals surface area contributed by atoms with E-state index in [-0.39, 0.29) is 0 Å². The molecule has 0 aromatic carbocycles. The minimum absolute atomic E-state index is 1.28. The molecule has 0 aromatic heterocycles. The van der Waals surface area contributed by atoms with Gasteiger partial charge in [0.25, 0.3) is 0 Å². The summed E-state index contributed by atoms with van der Waals surface area (Å²) in [7, 11) is 0. The molecule has 8 heavy (non-hydrogen) atoms. The van der Waals surface area contributed by atoms with Gasteiger partial charge < -0.3 is 10.4 Å². The van der Waals surface area contributed by atoms with Gasteiger partial charge in [-0.2, -0.15) is 0 Å². The highest BCUT2D eigenvalue weighted by molar-refractivity contribution is 5.73. The first-order valence-corrected chi connectivity index (χ1v) is 2.20. The maximum atomic E-state index is 10.4. The summed E-state index contributed by atoms with van der Waals surface area (Å²) in [6, 6.07) is -1.28. The van der Waals surface area contributed by atoms with Crippen LogP contribution in [-0.2, 0) is 4.79 Å². The average Bonchev–Trinajstić information content (AvgIpc) is 2.13. The lowest BCUT2D eigenvalue weighted by Gasteiger charge is -1.99. The molecular formula is C5H9NO2. The van der Waals surface area contributed by atoms with E-state index in [0.29, 0.717) is 0 Å². The summed E-state index contributed by atoms with van der Waals surface area (Å²) >= 11 is 0. The van der Waals surface area contributed by atoms with E-state index in [0.717, 1.165) is 0 Å². The number of nitrogens with one attached hydrogen (secondary N) is 1. The second kappa shape index (κ2) is 2.13. The number of rotatable bonds is 1. The third-order valence-electron chi connectivity index (χ3n) is 0.875. The quantitative estimate of drug-likeness (QED) is 0.503. The lowest BCUT2D eigenvalue weighted by atomic mass is 10.2. The molecule has 0 spiro atoms. The first kappa shape index (κ1) is 2.35. The molecule has 1 heterocycles. The van der Waals surface area contributed by atoms with Gasteiger partial charge in [0, 0.05) is 5.48 Å². The van der Waals surface area contributed by atoms with Gasteiger partial charge in [-0.1, -0.05) is 0 Å². The Bertz CT molecular complexity index is 210. The van der Waals surface area contributed by atoms with Crippen molar-refractivity contribution in [2.75, 3.05) is 6.52 Å². The zero-order chi connectivity index (χ0) is 9.52. The fraction of sp³-hybridized carbons (Fsp3) is 0.800. The van der Waals surface area contributed by atoms with E-state index in [4.69, 9.17) is 10.6 Å². The molecule has 3 nitrogen and oxygen atoms in total. The van der Waals surface area contributed by atoms with Crippen molar-refractivity contribution < 1.29 is 15.4 Å². The van der Waals surface area contributed by atoms with Crippen molar-refractivity contribution in [3.8, 4) is 0 Å². The molecule has 0 unspecified atom stereocenters. The summed E-state index contributed by atoms with van der Waals surface area (Å²) in [5.74, 6) is -1.28. The molecule has 0 aromatic rings. The molecule has 0 aliphatic carbocycles. The molecule has 1 aliphatic rings. The van der Waals surface area contributed by atoms with E-state index in [2.05, 4.69) is 5.32 Å². The van der Waals surface area contributed by atoms with E-state index >= 15 is 0 Å². The Kier molecular flexibility index (Phi) is 0.627. The lowest BCUT2D eigenvalue weighted by Crippen LogP contribution is -2.29. The Hall–Kier alpha value is -0.570. The van der Waals surface area contributed by atoms with Crippen LogP contribution in [0.15, 0.2) is 0 Å². The van der Waals surface area contributed by atoms with Crippen LogP contribution in [0.1, 0.15) is 18.3 Å². The zero-order valence-corrected chi connectivity index (χ0v) is 4.09. The molecule has 46 valence electrons. The maximum absolute atomic E-state index is 10.4. The maximum Gasteiger partial charge on any atom is 0.320 e. The van der Waals surface area contributed by atoms with Crippen molar-refractivity contribution in [2.24, 2.45) is 0 Å². The minimum atomic E-state index is -2.09. The number of aliphatic carboxylic acids is 1. The van der Waals surface area contributed by atoms with Crippen LogP contribution in [0, 0.1) is 0 Å². The highest BCUT2D eigenvalue weighted by Crippen LogP contribution is 2.03. The van der Waals surface area contributed by atoms with Gasteiger partial charge >= 0.3 is 5.97 Å². The average molecular weight is 119 g/mol. The van der Waals surface area contributed by atoms with Crippen LogP contribution in [0.4, 0.5) is 0 Å². The van der Waals surface area contributed by atoms with Crippen LogP contribution >= 0.6 is 0 Å². The number of carboxylic acids is 1.